The number of rotatable bonds is 6. The molecule has 0 heterocycles. The zero-order valence-corrected chi connectivity index (χ0v) is 10.8. The Labute approximate surface area is 107 Å². The van der Waals surface area contributed by atoms with E-state index in [2.05, 4.69) is 36.7 Å². The number of likely N-dealkylation sites (N-methyl/N-ethyl adjacent to an activating group) is 1. The van der Waals surface area contributed by atoms with Gasteiger partial charge in [0, 0.05) is 5.56 Å². The molecule has 1 rings (SSSR count). The van der Waals surface area contributed by atoms with Gasteiger partial charge in [-0.15, -0.1) is 0 Å². The van der Waals surface area contributed by atoms with Gasteiger partial charge in [0.05, 0.1) is 33.4 Å². The lowest BCUT2D eigenvalue weighted by atomic mass is 10.2. The zero-order valence-electron chi connectivity index (χ0n) is 10.8. The van der Waals surface area contributed by atoms with Gasteiger partial charge in [0.1, 0.15) is 6.54 Å². The van der Waals surface area contributed by atoms with Crippen molar-refractivity contribution in [3.8, 4) is 0 Å². The molecule has 0 unspecified atom stereocenters. The van der Waals surface area contributed by atoms with Crippen LogP contribution in [0.2, 0.25) is 0 Å². The first-order chi connectivity index (χ1) is 8.53. The Morgan fingerprint density at radius 3 is 2.67 bits per heavy atom. The summed E-state index contributed by atoms with van der Waals surface area (Å²) in [5, 5.41) is 14.9. The van der Waals surface area contributed by atoms with Crippen molar-refractivity contribution in [2.45, 2.75) is 6.54 Å². The summed E-state index contributed by atoms with van der Waals surface area (Å²) in [7, 11) is 4.20. The first-order valence-corrected chi connectivity index (χ1v) is 5.83. The van der Waals surface area contributed by atoms with Crippen LogP contribution >= 0.6 is 0 Å². The van der Waals surface area contributed by atoms with Crippen molar-refractivity contribution in [2.75, 3.05) is 27.2 Å². The van der Waals surface area contributed by atoms with Gasteiger partial charge in [0.15, 0.2) is 0 Å². The van der Waals surface area contributed by atoms with E-state index >= 15 is 0 Å². The van der Waals surface area contributed by atoms with Crippen LogP contribution in [0.15, 0.2) is 35.5 Å². The lowest BCUT2D eigenvalue weighted by Gasteiger charge is -2.29. The molecule has 0 aromatic heterocycles. The molecule has 1 N–H and O–H groups in total. The van der Waals surface area contributed by atoms with Crippen molar-refractivity contribution in [3.05, 3.63) is 41.1 Å². The lowest BCUT2D eigenvalue weighted by Crippen LogP contribution is -2.44. The number of amides is 1. The first-order valence-electron chi connectivity index (χ1n) is 5.83. The average Bonchev–Trinajstić information content (AvgIpc) is 2.29. The lowest BCUT2D eigenvalue weighted by molar-refractivity contribution is -0.902. The number of nitrogens with one attached hydrogen (secondary N) is 1. The molecule has 0 aliphatic carbocycles. The number of hydrogen-bond donors (Lipinski definition) is 1. The third-order valence-corrected chi connectivity index (χ3v) is 2.64. The minimum absolute atomic E-state index is 0.440. The number of carbonyl (C=O) groups is 1. The van der Waals surface area contributed by atoms with Gasteiger partial charge in [0.25, 0.3) is 5.91 Å². The third-order valence-electron chi connectivity index (χ3n) is 2.64. The van der Waals surface area contributed by atoms with Crippen LogP contribution in [-0.4, -0.2) is 43.8 Å². The van der Waals surface area contributed by atoms with E-state index in [0.29, 0.717) is 6.54 Å². The summed E-state index contributed by atoms with van der Waals surface area (Å²) in [5.74, 6) is -0.440. The predicted octanol–water partition coefficient (Wildman–Crippen LogP) is 0.948. The molecule has 0 spiro atoms. The van der Waals surface area contributed by atoms with Gasteiger partial charge in [0.2, 0.25) is 0 Å². The second-order valence-corrected chi connectivity index (χ2v) is 4.83. The minimum Gasteiger partial charge on any atom is -0.792 e. The highest BCUT2D eigenvalue weighted by atomic mass is 16.4. The summed E-state index contributed by atoms with van der Waals surface area (Å²) in [6.45, 7) is 2.20. The van der Waals surface area contributed by atoms with Crippen molar-refractivity contribution in [1.29, 1.82) is 0 Å². The topological polar surface area (TPSA) is 64.5 Å². The molecule has 0 radical (unpaired) electrons. The summed E-state index contributed by atoms with van der Waals surface area (Å²) >= 11 is 0. The van der Waals surface area contributed by atoms with Crippen LogP contribution in [0.25, 0.3) is 0 Å². The van der Waals surface area contributed by atoms with Crippen LogP contribution < -0.4 is 5.32 Å². The van der Waals surface area contributed by atoms with Gasteiger partial charge in [-0.25, -0.2) is 0 Å². The van der Waals surface area contributed by atoms with E-state index < -0.39 is 5.91 Å². The molecule has 0 fully saturated rings. The van der Waals surface area contributed by atoms with Gasteiger partial charge in [-0.05, 0) is 0 Å². The fourth-order valence-electron chi connectivity index (χ4n) is 1.73. The maximum absolute atomic E-state index is 11.0. The third kappa shape index (κ3) is 5.45. The number of quaternary nitrogens is 1. The Morgan fingerprint density at radius 1 is 1.39 bits per heavy atom. The molecule has 0 bridgehead atoms. The van der Waals surface area contributed by atoms with E-state index in [0.717, 1.165) is 23.8 Å². The van der Waals surface area contributed by atoms with Crippen LogP contribution in [-0.2, 0) is 11.3 Å². The van der Waals surface area contributed by atoms with E-state index in [1.807, 2.05) is 18.2 Å². The number of hydrogen-bond acceptors (Lipinski definition) is 3. The van der Waals surface area contributed by atoms with E-state index in [9.17, 15) is 10.0 Å². The first kappa shape index (κ1) is 14.2. The van der Waals surface area contributed by atoms with Gasteiger partial charge < -0.3 is 20.2 Å². The van der Waals surface area contributed by atoms with Crippen molar-refractivity contribution >= 4 is 12.1 Å². The Balaban J connectivity index is 2.38. The molecule has 1 amide bonds. The SMILES string of the molecule is C[N+](C)(CCNC(=O)/C=N/[O-])Cc1ccccc1. The van der Waals surface area contributed by atoms with Crippen molar-refractivity contribution in [1.82, 2.24) is 5.32 Å². The monoisotopic (exact) mass is 249 g/mol. The number of carbonyl (C=O) groups excluding carboxylic acids is 1. The number of benzene rings is 1. The fourth-order valence-corrected chi connectivity index (χ4v) is 1.73. The maximum Gasteiger partial charge on any atom is 0.261 e. The van der Waals surface area contributed by atoms with Crippen LogP contribution in [0.1, 0.15) is 5.56 Å². The molecule has 0 saturated carbocycles. The van der Waals surface area contributed by atoms with E-state index in [1.54, 1.807) is 0 Å². The molecule has 0 aliphatic heterocycles. The second kappa shape index (κ2) is 6.76. The summed E-state index contributed by atoms with van der Waals surface area (Å²) in [6, 6.07) is 10.2. The molecule has 0 aliphatic rings. The molecular formula is C13H19N3O2. The van der Waals surface area contributed by atoms with Crippen LogP contribution in [0.3, 0.4) is 0 Å². The summed E-state index contributed by atoms with van der Waals surface area (Å²) in [4.78, 5) is 11.0. The van der Waals surface area contributed by atoms with E-state index in [4.69, 9.17) is 0 Å². The molecule has 98 valence electrons. The van der Waals surface area contributed by atoms with Gasteiger partial charge in [-0.1, -0.05) is 30.3 Å². The highest BCUT2D eigenvalue weighted by Gasteiger charge is 2.15. The standard InChI is InChI=1S/C13H19N3O2/c1-16(2,9-8-14-13(17)10-15-18)11-12-6-4-3-5-7-12/h3-7,10H,8-9,11H2,1-2H3,(H-,14,17,18). The summed E-state index contributed by atoms with van der Waals surface area (Å²) < 4.78 is 0.763. The zero-order chi connectivity index (χ0) is 13.4. The van der Waals surface area contributed by atoms with Crippen LogP contribution in [0.5, 0.6) is 0 Å². The maximum atomic E-state index is 11.0. The summed E-state index contributed by atoms with van der Waals surface area (Å²) in [5.41, 5.74) is 1.26. The molecule has 5 nitrogen and oxygen atoms in total. The van der Waals surface area contributed by atoms with Crippen molar-refractivity contribution < 1.29 is 9.28 Å². The molecule has 0 atom stereocenters. The van der Waals surface area contributed by atoms with Crippen molar-refractivity contribution in [2.24, 2.45) is 5.16 Å². The minimum atomic E-state index is -0.440. The van der Waals surface area contributed by atoms with Crippen LogP contribution in [0.4, 0.5) is 0 Å². The normalized spacial score (nSPS) is 11.7. The molecule has 5 heteroatoms. The smallest absolute Gasteiger partial charge is 0.261 e. The Kier molecular flexibility index (Phi) is 5.32. The molecule has 1 aromatic rings. The molecule has 18 heavy (non-hydrogen) atoms. The Morgan fingerprint density at radius 2 is 2.06 bits per heavy atom. The Bertz CT molecular complexity index is 402. The largest absolute Gasteiger partial charge is 0.792 e. The van der Waals surface area contributed by atoms with Gasteiger partial charge in [-0.2, -0.15) is 0 Å². The predicted molar refractivity (Wildman–Crippen MR) is 72.0 cm³/mol. The number of nitrogens with zero attached hydrogens (tertiary/aromatic N) is 2. The van der Waals surface area contributed by atoms with Crippen molar-refractivity contribution in [3.63, 3.8) is 0 Å². The quantitative estimate of drug-likeness (QED) is 0.463. The van der Waals surface area contributed by atoms with E-state index in [-0.39, 0.29) is 0 Å². The van der Waals surface area contributed by atoms with Crippen LogP contribution in [0, 0.1) is 5.21 Å². The highest BCUT2D eigenvalue weighted by molar-refractivity contribution is 6.26. The molecule has 0 saturated heterocycles. The highest BCUT2D eigenvalue weighted by Crippen LogP contribution is 2.07. The average molecular weight is 249 g/mol. The Hall–Kier alpha value is -1.88. The van der Waals surface area contributed by atoms with Gasteiger partial charge in [-0.3, -0.25) is 4.79 Å². The van der Waals surface area contributed by atoms with Gasteiger partial charge >= 0.3 is 0 Å². The summed E-state index contributed by atoms with van der Waals surface area (Å²) in [6.07, 6.45) is 0.747. The fraction of sp³-hybridized carbons (Fsp3) is 0.385. The molecule has 1 aromatic carbocycles. The van der Waals surface area contributed by atoms with E-state index in [1.165, 1.54) is 5.56 Å². The second-order valence-electron chi connectivity index (χ2n) is 4.83. The molecular weight excluding hydrogens is 230 g/mol.